The van der Waals surface area contributed by atoms with Crippen molar-refractivity contribution in [3.05, 3.63) is 11.9 Å². The smallest absolute Gasteiger partial charge is 0.509 e. The van der Waals surface area contributed by atoms with Crippen LogP contribution < -0.4 is 4.65 Å². The summed E-state index contributed by atoms with van der Waals surface area (Å²) < 4.78 is 6.13. The fourth-order valence-corrected chi connectivity index (χ4v) is 0.807. The Morgan fingerprint density at radius 2 is 2.27 bits per heavy atom. The van der Waals surface area contributed by atoms with Crippen molar-refractivity contribution in [2.75, 3.05) is 0 Å². The van der Waals surface area contributed by atoms with E-state index in [1.54, 1.807) is 20.2 Å². The Morgan fingerprint density at radius 1 is 1.64 bits per heavy atom. The van der Waals surface area contributed by atoms with Crippen LogP contribution in [0.1, 0.15) is 5.69 Å². The van der Waals surface area contributed by atoms with Gasteiger partial charge in [0.2, 0.25) is 0 Å². The zero-order chi connectivity index (χ0) is 8.43. The molecule has 5 nitrogen and oxygen atoms in total. The van der Waals surface area contributed by atoms with Gasteiger partial charge in [-0.05, 0) is 6.92 Å². The lowest BCUT2D eigenvalue weighted by molar-refractivity contribution is 0.287. The van der Waals surface area contributed by atoms with Crippen LogP contribution in [-0.4, -0.2) is 27.1 Å². The average molecular weight is 156 g/mol. The molecule has 1 aromatic rings. The normalized spacial score (nSPS) is 9.82. The topological polar surface area (TPSA) is 67.5 Å². The molecule has 1 heterocycles. The number of hydrogen-bond donors (Lipinski definition) is 2. The maximum atomic E-state index is 8.44. The molecule has 1 aromatic heterocycles. The van der Waals surface area contributed by atoms with Crippen LogP contribution in [0.4, 0.5) is 0 Å². The molecule has 0 aliphatic rings. The molecule has 0 saturated carbocycles. The van der Waals surface area contributed by atoms with Gasteiger partial charge >= 0.3 is 7.32 Å². The minimum absolute atomic E-state index is 0.377. The molecule has 0 radical (unpaired) electrons. The quantitative estimate of drug-likeness (QED) is 0.543. The van der Waals surface area contributed by atoms with Crippen LogP contribution in [0, 0.1) is 6.92 Å². The third kappa shape index (κ3) is 1.96. The van der Waals surface area contributed by atoms with Crippen LogP contribution in [0.15, 0.2) is 6.20 Å². The predicted molar refractivity (Wildman–Crippen MR) is 38.8 cm³/mol. The first kappa shape index (κ1) is 8.09. The third-order valence-corrected chi connectivity index (χ3v) is 1.20. The molecule has 6 heteroatoms. The third-order valence-electron chi connectivity index (χ3n) is 1.20. The lowest BCUT2D eigenvalue weighted by atomic mass is 10.2. The molecular weight excluding hydrogens is 147 g/mol. The lowest BCUT2D eigenvalue weighted by Crippen LogP contribution is -2.20. The molecule has 0 aliphatic carbocycles. The maximum Gasteiger partial charge on any atom is 0.707 e. The van der Waals surface area contributed by atoms with Crippen molar-refractivity contribution in [3.8, 4) is 5.75 Å². The molecular formula is C5H9BN2O3. The Bertz CT molecular complexity index is 248. The SMILES string of the molecule is Cc1nn(C)cc1OB(O)O. The molecule has 1 rings (SSSR count). The Morgan fingerprint density at radius 3 is 2.64 bits per heavy atom. The van der Waals surface area contributed by atoms with Crippen molar-refractivity contribution in [1.82, 2.24) is 9.78 Å². The van der Waals surface area contributed by atoms with Gasteiger partial charge in [0.05, 0.1) is 11.9 Å². The molecule has 2 N–H and O–H groups in total. The highest BCUT2D eigenvalue weighted by atomic mass is 16.6. The van der Waals surface area contributed by atoms with E-state index < -0.39 is 7.32 Å². The molecule has 60 valence electrons. The number of nitrogens with zero attached hydrogens (tertiary/aromatic N) is 2. The van der Waals surface area contributed by atoms with Gasteiger partial charge < -0.3 is 14.7 Å². The van der Waals surface area contributed by atoms with Gasteiger partial charge in [0.15, 0.2) is 0 Å². The van der Waals surface area contributed by atoms with Gasteiger partial charge in [0.1, 0.15) is 5.75 Å². The van der Waals surface area contributed by atoms with E-state index in [0.29, 0.717) is 11.4 Å². The molecule has 0 bridgehead atoms. The molecule has 0 unspecified atom stereocenters. The van der Waals surface area contributed by atoms with Gasteiger partial charge in [-0.1, -0.05) is 0 Å². The summed E-state index contributed by atoms with van der Waals surface area (Å²) in [5, 5.41) is 20.8. The lowest BCUT2D eigenvalue weighted by Gasteiger charge is -1.99. The van der Waals surface area contributed by atoms with Crippen molar-refractivity contribution in [1.29, 1.82) is 0 Å². The van der Waals surface area contributed by atoms with Gasteiger partial charge in [-0.25, -0.2) is 0 Å². The summed E-state index contributed by atoms with van der Waals surface area (Å²) in [4.78, 5) is 0. The Labute approximate surface area is 64.4 Å². The Balaban J connectivity index is 2.77. The predicted octanol–water partition coefficient (Wildman–Crippen LogP) is -0.923. The summed E-state index contributed by atoms with van der Waals surface area (Å²) in [5.74, 6) is 0.377. The molecule has 0 aromatic carbocycles. The fourth-order valence-electron chi connectivity index (χ4n) is 0.807. The van der Waals surface area contributed by atoms with Gasteiger partial charge in [0, 0.05) is 7.05 Å². The average Bonchev–Trinajstić information content (AvgIpc) is 2.09. The first-order chi connectivity index (χ1) is 5.09. The number of aromatic nitrogens is 2. The zero-order valence-corrected chi connectivity index (χ0v) is 6.35. The van der Waals surface area contributed by atoms with Gasteiger partial charge in [-0.2, -0.15) is 5.10 Å². The molecule has 0 saturated heterocycles. The first-order valence-corrected chi connectivity index (χ1v) is 3.12. The van der Waals surface area contributed by atoms with Crippen LogP contribution in [0.3, 0.4) is 0 Å². The molecule has 0 atom stereocenters. The van der Waals surface area contributed by atoms with E-state index in [9.17, 15) is 0 Å². The highest BCUT2D eigenvalue weighted by Gasteiger charge is 2.14. The summed E-state index contributed by atoms with van der Waals surface area (Å²) in [6, 6.07) is 0. The largest absolute Gasteiger partial charge is 0.707 e. The van der Waals surface area contributed by atoms with E-state index in [0.717, 1.165) is 0 Å². The number of hydrogen-bond acceptors (Lipinski definition) is 4. The van der Waals surface area contributed by atoms with E-state index in [4.69, 9.17) is 10.0 Å². The van der Waals surface area contributed by atoms with Crippen molar-refractivity contribution < 1.29 is 14.7 Å². The van der Waals surface area contributed by atoms with Gasteiger partial charge in [-0.3, -0.25) is 4.68 Å². The van der Waals surface area contributed by atoms with Gasteiger partial charge in [-0.15, -0.1) is 0 Å². The van der Waals surface area contributed by atoms with E-state index in [2.05, 4.69) is 9.75 Å². The monoisotopic (exact) mass is 156 g/mol. The molecule has 0 amide bonds. The summed E-state index contributed by atoms with van der Waals surface area (Å²) in [5.41, 5.74) is 0.626. The van der Waals surface area contributed by atoms with Crippen LogP contribution >= 0.6 is 0 Å². The summed E-state index contributed by atoms with van der Waals surface area (Å²) in [7, 11) is -0.0539. The van der Waals surface area contributed by atoms with E-state index >= 15 is 0 Å². The van der Waals surface area contributed by atoms with Crippen molar-refractivity contribution in [2.24, 2.45) is 7.05 Å². The van der Waals surface area contributed by atoms with Crippen molar-refractivity contribution in [2.45, 2.75) is 6.92 Å². The van der Waals surface area contributed by atoms with E-state index in [1.165, 1.54) is 4.68 Å². The second kappa shape index (κ2) is 2.94. The van der Waals surface area contributed by atoms with E-state index in [-0.39, 0.29) is 0 Å². The second-order valence-corrected chi connectivity index (χ2v) is 2.20. The standard InChI is InChI=1S/C5H9BN2O3/c1-4-5(11-6(9)10)3-8(2)7-4/h3,9-10H,1-2H3. The fraction of sp³-hybridized carbons (Fsp3) is 0.400. The van der Waals surface area contributed by atoms with Crippen molar-refractivity contribution in [3.63, 3.8) is 0 Å². The minimum atomic E-state index is -1.78. The number of rotatable bonds is 2. The van der Waals surface area contributed by atoms with Crippen molar-refractivity contribution >= 4 is 7.32 Å². The molecule has 11 heavy (non-hydrogen) atoms. The van der Waals surface area contributed by atoms with Gasteiger partial charge in [0.25, 0.3) is 0 Å². The first-order valence-electron chi connectivity index (χ1n) is 3.12. The summed E-state index contributed by atoms with van der Waals surface area (Å²) >= 11 is 0. The van der Waals surface area contributed by atoms with Crippen LogP contribution in [0.25, 0.3) is 0 Å². The highest BCUT2D eigenvalue weighted by Crippen LogP contribution is 2.14. The summed E-state index contributed by atoms with van der Waals surface area (Å²) in [6.45, 7) is 1.72. The minimum Gasteiger partial charge on any atom is -0.509 e. The van der Waals surface area contributed by atoms with Crippen LogP contribution in [0.2, 0.25) is 0 Å². The second-order valence-electron chi connectivity index (χ2n) is 2.20. The Kier molecular flexibility index (Phi) is 2.16. The molecule has 0 fully saturated rings. The van der Waals surface area contributed by atoms with E-state index in [1.807, 2.05) is 0 Å². The Hall–Kier alpha value is -1.01. The van der Waals surface area contributed by atoms with Crippen LogP contribution in [-0.2, 0) is 7.05 Å². The molecule has 0 aliphatic heterocycles. The summed E-state index contributed by atoms with van der Waals surface area (Å²) in [6.07, 6.45) is 1.56. The highest BCUT2D eigenvalue weighted by molar-refractivity contribution is 6.33. The maximum absolute atomic E-state index is 8.44. The van der Waals surface area contributed by atoms with Crippen LogP contribution in [0.5, 0.6) is 5.75 Å². The number of aryl methyl sites for hydroxylation is 2. The molecule has 0 spiro atoms. The zero-order valence-electron chi connectivity index (χ0n) is 6.35.